The van der Waals surface area contributed by atoms with Crippen molar-refractivity contribution in [1.29, 1.82) is 0 Å². The molecule has 0 saturated carbocycles. The molecule has 0 N–H and O–H groups in total. The predicted molar refractivity (Wildman–Crippen MR) is 129 cm³/mol. The Morgan fingerprint density at radius 1 is 1.09 bits per heavy atom. The maximum Gasteiger partial charge on any atom is 0.326 e. The minimum absolute atomic E-state index is 0.0716. The first-order valence-corrected chi connectivity index (χ1v) is 11.9. The topological polar surface area (TPSA) is 98.0 Å². The first-order valence-electron chi connectivity index (χ1n) is 11.1. The van der Waals surface area contributed by atoms with E-state index in [0.717, 1.165) is 20.7 Å². The van der Waals surface area contributed by atoms with Crippen molar-refractivity contribution >= 4 is 50.9 Å². The summed E-state index contributed by atoms with van der Waals surface area (Å²) in [6.07, 6.45) is 0.324. The fraction of sp³-hybridized carbons (Fsp3) is 0.320. The third kappa shape index (κ3) is 4.70. The summed E-state index contributed by atoms with van der Waals surface area (Å²) in [5.41, 5.74) is 2.53. The molecule has 1 aliphatic rings. The summed E-state index contributed by atoms with van der Waals surface area (Å²) in [6, 6.07) is 12.3. The third-order valence-corrected chi connectivity index (χ3v) is 6.61. The highest BCUT2D eigenvalue weighted by atomic mass is 32.1. The molecule has 1 aliphatic heterocycles. The molecular weight excluding hydrogens is 454 g/mol. The van der Waals surface area contributed by atoms with Gasteiger partial charge in [0.25, 0.3) is 5.91 Å². The highest BCUT2D eigenvalue weighted by Gasteiger charge is 2.30. The first kappa shape index (κ1) is 23.6. The van der Waals surface area contributed by atoms with Gasteiger partial charge in [0, 0.05) is 18.4 Å². The van der Waals surface area contributed by atoms with Crippen molar-refractivity contribution in [1.82, 2.24) is 4.57 Å². The Balaban J connectivity index is 1.76. The van der Waals surface area contributed by atoms with Crippen LogP contribution >= 0.6 is 11.3 Å². The van der Waals surface area contributed by atoms with Crippen molar-refractivity contribution in [2.45, 2.75) is 46.1 Å². The van der Waals surface area contributed by atoms with E-state index in [2.05, 4.69) is 18.8 Å². The molecule has 0 aliphatic carbocycles. The number of imide groups is 1. The molecular formula is C25H25N3O5S. The van der Waals surface area contributed by atoms with E-state index in [9.17, 15) is 19.2 Å². The molecule has 2 heterocycles. The number of carbonyl (C=O) groups excluding carboxylic acids is 4. The number of nitrogens with zero attached hydrogens (tertiary/aromatic N) is 3. The van der Waals surface area contributed by atoms with E-state index in [4.69, 9.17) is 4.74 Å². The second-order valence-corrected chi connectivity index (χ2v) is 9.26. The number of hydrogen-bond donors (Lipinski definition) is 0. The molecule has 1 fully saturated rings. The summed E-state index contributed by atoms with van der Waals surface area (Å²) in [5, 5.41) is 0. The summed E-state index contributed by atoms with van der Waals surface area (Å²) in [5.74, 6) is -1.20. The molecule has 176 valence electrons. The number of amides is 3. The van der Waals surface area contributed by atoms with E-state index in [1.807, 2.05) is 18.2 Å². The third-order valence-electron chi connectivity index (χ3n) is 5.57. The summed E-state index contributed by atoms with van der Waals surface area (Å²) in [4.78, 5) is 55.3. The normalized spacial score (nSPS) is 14.5. The lowest BCUT2D eigenvalue weighted by Gasteiger charge is -2.14. The first-order chi connectivity index (χ1) is 16.3. The Morgan fingerprint density at radius 2 is 1.82 bits per heavy atom. The number of thiazole rings is 1. The summed E-state index contributed by atoms with van der Waals surface area (Å²) >= 11 is 1.32. The van der Waals surface area contributed by atoms with Crippen molar-refractivity contribution in [3.8, 4) is 0 Å². The SMILES string of the molecule is CCOC(=O)Cn1c(=NC(=O)c2cccc(N3C(=O)CCC3=O)c2)sc2cc(C(C)C)ccc21. The van der Waals surface area contributed by atoms with Crippen molar-refractivity contribution in [3.63, 3.8) is 0 Å². The Labute approximate surface area is 200 Å². The van der Waals surface area contributed by atoms with Crippen LogP contribution in [0.3, 0.4) is 0 Å². The molecule has 2 aromatic carbocycles. The van der Waals surface area contributed by atoms with Crippen LogP contribution in [0.2, 0.25) is 0 Å². The van der Waals surface area contributed by atoms with Gasteiger partial charge in [0.15, 0.2) is 4.80 Å². The van der Waals surface area contributed by atoms with Gasteiger partial charge in [0.2, 0.25) is 11.8 Å². The van der Waals surface area contributed by atoms with Crippen molar-refractivity contribution in [2.24, 2.45) is 4.99 Å². The second-order valence-electron chi connectivity index (χ2n) is 8.25. The van der Waals surface area contributed by atoms with E-state index in [1.165, 1.54) is 17.4 Å². The molecule has 3 aromatic rings. The molecule has 1 aromatic heterocycles. The predicted octanol–water partition coefficient (Wildman–Crippen LogP) is 3.78. The number of hydrogen-bond acceptors (Lipinski definition) is 6. The molecule has 34 heavy (non-hydrogen) atoms. The average molecular weight is 480 g/mol. The van der Waals surface area contributed by atoms with E-state index in [1.54, 1.807) is 29.7 Å². The van der Waals surface area contributed by atoms with E-state index in [0.29, 0.717) is 16.4 Å². The lowest BCUT2D eigenvalue weighted by molar-refractivity contribution is -0.143. The highest BCUT2D eigenvalue weighted by Crippen LogP contribution is 2.25. The Kier molecular flexibility index (Phi) is 6.74. The number of rotatable bonds is 6. The van der Waals surface area contributed by atoms with Crippen LogP contribution < -0.4 is 9.70 Å². The Bertz CT molecular complexity index is 1350. The maximum absolute atomic E-state index is 13.1. The lowest BCUT2D eigenvalue weighted by atomic mass is 10.0. The van der Waals surface area contributed by atoms with Gasteiger partial charge in [-0.05, 0) is 48.7 Å². The van der Waals surface area contributed by atoms with Crippen LogP contribution in [0.5, 0.6) is 0 Å². The van der Waals surface area contributed by atoms with Gasteiger partial charge < -0.3 is 9.30 Å². The highest BCUT2D eigenvalue weighted by molar-refractivity contribution is 7.16. The molecule has 4 rings (SSSR count). The minimum atomic E-state index is -0.533. The van der Waals surface area contributed by atoms with E-state index in [-0.39, 0.29) is 43.4 Å². The fourth-order valence-electron chi connectivity index (χ4n) is 3.82. The van der Waals surface area contributed by atoms with Crippen LogP contribution in [0.1, 0.15) is 55.5 Å². The van der Waals surface area contributed by atoms with E-state index < -0.39 is 11.9 Å². The molecule has 9 heteroatoms. The van der Waals surface area contributed by atoms with Gasteiger partial charge in [-0.2, -0.15) is 4.99 Å². The van der Waals surface area contributed by atoms with Gasteiger partial charge >= 0.3 is 5.97 Å². The quantitative estimate of drug-likeness (QED) is 0.396. The zero-order valence-corrected chi connectivity index (χ0v) is 20.1. The van der Waals surface area contributed by atoms with Crippen LogP contribution in [-0.2, 0) is 25.7 Å². The Hall–Kier alpha value is -3.59. The second kappa shape index (κ2) is 9.72. The summed E-state index contributed by atoms with van der Waals surface area (Å²) in [7, 11) is 0. The van der Waals surface area contributed by atoms with Gasteiger partial charge in [-0.1, -0.05) is 37.3 Å². The number of benzene rings is 2. The minimum Gasteiger partial charge on any atom is -0.465 e. The number of anilines is 1. The molecule has 8 nitrogen and oxygen atoms in total. The number of carbonyl (C=O) groups is 4. The smallest absolute Gasteiger partial charge is 0.326 e. The number of fused-ring (bicyclic) bond motifs is 1. The molecule has 0 bridgehead atoms. The average Bonchev–Trinajstić information content (AvgIpc) is 3.32. The fourth-order valence-corrected chi connectivity index (χ4v) is 4.89. The largest absolute Gasteiger partial charge is 0.465 e. The summed E-state index contributed by atoms with van der Waals surface area (Å²) < 4.78 is 7.70. The van der Waals surface area contributed by atoms with E-state index >= 15 is 0 Å². The summed E-state index contributed by atoms with van der Waals surface area (Å²) in [6.45, 7) is 6.11. The molecule has 0 spiro atoms. The van der Waals surface area contributed by atoms with Gasteiger partial charge in [-0.15, -0.1) is 0 Å². The van der Waals surface area contributed by atoms with Gasteiger partial charge in [-0.25, -0.2) is 0 Å². The van der Waals surface area contributed by atoms with Crippen LogP contribution in [-0.4, -0.2) is 34.9 Å². The standard InChI is InChI=1S/C25H25N3O5S/c1-4-33-23(31)14-27-19-9-8-16(15(2)3)13-20(19)34-25(27)26-24(32)17-6-5-7-18(12-17)28-21(29)10-11-22(28)30/h5-9,12-13,15H,4,10-11,14H2,1-3H3. The van der Waals surface area contributed by atoms with Gasteiger partial charge in [-0.3, -0.25) is 24.1 Å². The Morgan fingerprint density at radius 3 is 2.50 bits per heavy atom. The van der Waals surface area contributed by atoms with Crippen molar-refractivity contribution in [2.75, 3.05) is 11.5 Å². The molecule has 3 amide bonds. The number of esters is 1. The van der Waals surface area contributed by atoms with Gasteiger partial charge in [0.1, 0.15) is 6.54 Å². The number of aromatic nitrogens is 1. The molecule has 0 radical (unpaired) electrons. The van der Waals surface area contributed by atoms with Crippen LogP contribution in [0.15, 0.2) is 47.5 Å². The zero-order chi connectivity index (χ0) is 24.4. The number of ether oxygens (including phenoxy) is 1. The van der Waals surface area contributed by atoms with Crippen LogP contribution in [0.25, 0.3) is 10.2 Å². The van der Waals surface area contributed by atoms with Crippen molar-refractivity contribution < 1.29 is 23.9 Å². The zero-order valence-electron chi connectivity index (χ0n) is 19.2. The molecule has 1 saturated heterocycles. The molecule has 0 unspecified atom stereocenters. The lowest BCUT2D eigenvalue weighted by Crippen LogP contribution is -2.28. The maximum atomic E-state index is 13.1. The molecule has 0 atom stereocenters. The monoisotopic (exact) mass is 479 g/mol. The van der Waals surface area contributed by atoms with Crippen LogP contribution in [0, 0.1) is 0 Å². The van der Waals surface area contributed by atoms with Gasteiger partial charge in [0.05, 0.1) is 22.5 Å². The van der Waals surface area contributed by atoms with Crippen molar-refractivity contribution in [3.05, 3.63) is 58.4 Å². The van der Waals surface area contributed by atoms with Crippen LogP contribution in [0.4, 0.5) is 5.69 Å².